The molecule has 1 aromatic heterocycles. The van der Waals surface area contributed by atoms with Crippen molar-refractivity contribution in [2.24, 2.45) is 0 Å². The summed E-state index contributed by atoms with van der Waals surface area (Å²) in [7, 11) is 0. The van der Waals surface area contributed by atoms with Crippen LogP contribution in [0.1, 0.15) is 0 Å². The standard InChI is InChI=1S/C11H11BrFN3O/c12-8-5-9(13)7-10(6-8)17-4-3-16-2-1-11(14)15-16/h1-2,5-7H,3-4H2,(H2,14,15). The zero-order valence-corrected chi connectivity index (χ0v) is 10.5. The number of nitrogens with zero attached hydrogens (tertiary/aromatic N) is 2. The molecule has 0 saturated carbocycles. The maximum absolute atomic E-state index is 13.0. The lowest BCUT2D eigenvalue weighted by atomic mass is 10.3. The summed E-state index contributed by atoms with van der Waals surface area (Å²) >= 11 is 3.20. The van der Waals surface area contributed by atoms with E-state index >= 15 is 0 Å². The van der Waals surface area contributed by atoms with Gasteiger partial charge in [-0.3, -0.25) is 4.68 Å². The van der Waals surface area contributed by atoms with E-state index in [0.29, 0.717) is 29.2 Å². The zero-order chi connectivity index (χ0) is 12.3. The molecule has 0 radical (unpaired) electrons. The van der Waals surface area contributed by atoms with Crippen molar-refractivity contribution in [1.29, 1.82) is 0 Å². The molecular weight excluding hydrogens is 289 g/mol. The summed E-state index contributed by atoms with van der Waals surface area (Å²) in [4.78, 5) is 0. The van der Waals surface area contributed by atoms with E-state index in [9.17, 15) is 4.39 Å². The summed E-state index contributed by atoms with van der Waals surface area (Å²) in [6, 6.07) is 6.13. The van der Waals surface area contributed by atoms with Gasteiger partial charge < -0.3 is 10.5 Å². The summed E-state index contributed by atoms with van der Waals surface area (Å²) in [5.41, 5.74) is 5.47. The fourth-order valence-electron chi connectivity index (χ4n) is 1.37. The molecule has 0 bridgehead atoms. The number of benzene rings is 1. The fraction of sp³-hybridized carbons (Fsp3) is 0.182. The molecule has 90 valence electrons. The molecule has 0 spiro atoms. The largest absolute Gasteiger partial charge is 0.492 e. The highest BCUT2D eigenvalue weighted by Crippen LogP contribution is 2.20. The molecule has 0 amide bonds. The van der Waals surface area contributed by atoms with Gasteiger partial charge in [-0.15, -0.1) is 0 Å². The minimum Gasteiger partial charge on any atom is -0.492 e. The number of rotatable bonds is 4. The molecule has 1 aromatic carbocycles. The van der Waals surface area contributed by atoms with E-state index in [4.69, 9.17) is 10.5 Å². The molecule has 2 N–H and O–H groups in total. The first-order valence-corrected chi connectivity index (χ1v) is 5.80. The number of halogens is 2. The maximum Gasteiger partial charge on any atom is 0.145 e. The summed E-state index contributed by atoms with van der Waals surface area (Å²) < 4.78 is 20.8. The minimum atomic E-state index is -0.335. The monoisotopic (exact) mass is 299 g/mol. The Morgan fingerprint density at radius 3 is 2.88 bits per heavy atom. The summed E-state index contributed by atoms with van der Waals surface area (Å²) in [6.07, 6.45) is 1.76. The minimum absolute atomic E-state index is 0.335. The van der Waals surface area contributed by atoms with Gasteiger partial charge in [0.05, 0.1) is 6.54 Å². The van der Waals surface area contributed by atoms with Crippen LogP contribution < -0.4 is 10.5 Å². The fourth-order valence-corrected chi connectivity index (χ4v) is 1.82. The number of hydrogen-bond donors (Lipinski definition) is 1. The van der Waals surface area contributed by atoms with Crippen LogP contribution in [-0.2, 0) is 6.54 Å². The van der Waals surface area contributed by atoms with Gasteiger partial charge in [-0.05, 0) is 18.2 Å². The predicted molar refractivity (Wildman–Crippen MR) is 66.2 cm³/mol. The van der Waals surface area contributed by atoms with Crippen molar-refractivity contribution >= 4 is 21.7 Å². The van der Waals surface area contributed by atoms with Crippen LogP contribution in [0.5, 0.6) is 5.75 Å². The maximum atomic E-state index is 13.0. The first-order valence-electron chi connectivity index (χ1n) is 5.01. The van der Waals surface area contributed by atoms with Crippen molar-refractivity contribution in [3.63, 3.8) is 0 Å². The van der Waals surface area contributed by atoms with Crippen molar-refractivity contribution in [1.82, 2.24) is 9.78 Å². The van der Waals surface area contributed by atoms with E-state index in [1.54, 1.807) is 23.0 Å². The molecule has 0 aliphatic heterocycles. The Bertz CT molecular complexity index is 495. The van der Waals surface area contributed by atoms with Crippen LogP contribution >= 0.6 is 15.9 Å². The Kier molecular flexibility index (Phi) is 3.63. The van der Waals surface area contributed by atoms with Crippen LogP contribution in [0.15, 0.2) is 34.9 Å². The third-order valence-electron chi connectivity index (χ3n) is 2.09. The van der Waals surface area contributed by atoms with E-state index in [1.807, 2.05) is 0 Å². The first-order chi connectivity index (χ1) is 8.13. The quantitative estimate of drug-likeness (QED) is 0.943. The van der Waals surface area contributed by atoms with Gasteiger partial charge >= 0.3 is 0 Å². The lowest BCUT2D eigenvalue weighted by molar-refractivity contribution is 0.290. The first kappa shape index (κ1) is 11.9. The zero-order valence-electron chi connectivity index (χ0n) is 8.94. The molecule has 2 rings (SSSR count). The SMILES string of the molecule is Nc1ccn(CCOc2cc(F)cc(Br)c2)n1. The normalized spacial score (nSPS) is 10.5. The van der Waals surface area contributed by atoms with Gasteiger partial charge in [0, 0.05) is 16.7 Å². The number of ether oxygens (including phenoxy) is 1. The second-order valence-corrected chi connectivity index (χ2v) is 4.37. The Morgan fingerprint density at radius 2 is 2.24 bits per heavy atom. The average molecular weight is 300 g/mol. The van der Waals surface area contributed by atoms with E-state index < -0.39 is 0 Å². The van der Waals surface area contributed by atoms with Gasteiger partial charge in [0.25, 0.3) is 0 Å². The highest BCUT2D eigenvalue weighted by Gasteiger charge is 2.00. The average Bonchev–Trinajstić information content (AvgIpc) is 2.63. The van der Waals surface area contributed by atoms with E-state index in [-0.39, 0.29) is 5.82 Å². The molecule has 6 heteroatoms. The van der Waals surface area contributed by atoms with Gasteiger partial charge in [0.1, 0.15) is 24.0 Å². The van der Waals surface area contributed by atoms with Crippen LogP contribution in [0.2, 0.25) is 0 Å². The van der Waals surface area contributed by atoms with E-state index in [2.05, 4.69) is 21.0 Å². The number of nitrogen functional groups attached to an aromatic ring is 1. The van der Waals surface area contributed by atoms with Crippen molar-refractivity contribution in [3.05, 3.63) is 40.8 Å². The van der Waals surface area contributed by atoms with Gasteiger partial charge in [-0.2, -0.15) is 5.10 Å². The van der Waals surface area contributed by atoms with Crippen molar-refractivity contribution < 1.29 is 9.13 Å². The van der Waals surface area contributed by atoms with Crippen LogP contribution in [0.4, 0.5) is 10.2 Å². The number of nitrogens with two attached hydrogens (primary N) is 1. The third kappa shape index (κ3) is 3.45. The van der Waals surface area contributed by atoms with E-state index in [1.165, 1.54) is 12.1 Å². The topological polar surface area (TPSA) is 53.1 Å². The van der Waals surface area contributed by atoms with Crippen molar-refractivity contribution in [2.75, 3.05) is 12.3 Å². The molecule has 0 atom stereocenters. The Morgan fingerprint density at radius 1 is 1.41 bits per heavy atom. The molecule has 0 unspecified atom stereocenters. The lowest BCUT2D eigenvalue weighted by Crippen LogP contribution is -2.09. The van der Waals surface area contributed by atoms with Gasteiger partial charge in [-0.1, -0.05) is 15.9 Å². The molecule has 0 saturated heterocycles. The van der Waals surface area contributed by atoms with Gasteiger partial charge in [0.15, 0.2) is 0 Å². The second-order valence-electron chi connectivity index (χ2n) is 3.46. The van der Waals surface area contributed by atoms with Crippen molar-refractivity contribution in [2.45, 2.75) is 6.54 Å². The van der Waals surface area contributed by atoms with Crippen LogP contribution in [0, 0.1) is 5.82 Å². The highest BCUT2D eigenvalue weighted by molar-refractivity contribution is 9.10. The van der Waals surface area contributed by atoms with Crippen LogP contribution in [0.3, 0.4) is 0 Å². The molecule has 0 aliphatic carbocycles. The number of aromatic nitrogens is 2. The molecular formula is C11H11BrFN3O. The summed E-state index contributed by atoms with van der Waals surface area (Å²) in [6.45, 7) is 0.961. The Labute approximate surface area is 106 Å². The molecule has 0 fully saturated rings. The second kappa shape index (κ2) is 5.18. The van der Waals surface area contributed by atoms with Crippen LogP contribution in [0.25, 0.3) is 0 Å². The molecule has 1 heterocycles. The highest BCUT2D eigenvalue weighted by atomic mass is 79.9. The Hall–Kier alpha value is -1.56. The van der Waals surface area contributed by atoms with Gasteiger partial charge in [-0.25, -0.2) is 4.39 Å². The predicted octanol–water partition coefficient (Wildman–Crippen LogP) is 2.45. The van der Waals surface area contributed by atoms with Gasteiger partial charge in [0.2, 0.25) is 0 Å². The number of anilines is 1. The lowest BCUT2D eigenvalue weighted by Gasteiger charge is -2.06. The Balaban J connectivity index is 1.89. The van der Waals surface area contributed by atoms with E-state index in [0.717, 1.165) is 0 Å². The smallest absolute Gasteiger partial charge is 0.145 e. The summed E-state index contributed by atoms with van der Waals surface area (Å²) in [5, 5.41) is 4.01. The molecule has 2 aromatic rings. The molecule has 4 nitrogen and oxygen atoms in total. The number of hydrogen-bond acceptors (Lipinski definition) is 3. The third-order valence-corrected chi connectivity index (χ3v) is 2.54. The molecule has 17 heavy (non-hydrogen) atoms. The molecule has 0 aliphatic rings. The van der Waals surface area contributed by atoms with Crippen molar-refractivity contribution in [3.8, 4) is 5.75 Å². The van der Waals surface area contributed by atoms with Crippen LogP contribution in [-0.4, -0.2) is 16.4 Å². The summed E-state index contributed by atoms with van der Waals surface area (Å²) in [5.74, 6) is 0.619.